The van der Waals surface area contributed by atoms with E-state index < -0.39 is 17.0 Å². The number of likely N-dealkylation sites (N-methyl/N-ethyl adjacent to an activating group) is 1. The molecule has 35 heavy (non-hydrogen) atoms. The maximum absolute atomic E-state index is 11.4. The number of hydrogen-bond acceptors (Lipinski definition) is 6. The summed E-state index contributed by atoms with van der Waals surface area (Å²) in [6.45, 7) is 1.47. The lowest BCUT2D eigenvalue weighted by Gasteiger charge is -2.65. The molecule has 186 valence electrons. The van der Waals surface area contributed by atoms with E-state index in [2.05, 4.69) is 41.5 Å². The Bertz CT molecular complexity index is 1120. The number of carboxylic acids is 1. The Labute approximate surface area is 206 Å². The van der Waals surface area contributed by atoms with Gasteiger partial charge in [0.25, 0.3) is 0 Å². The van der Waals surface area contributed by atoms with Crippen molar-refractivity contribution in [3.05, 3.63) is 59.2 Å². The number of benzene rings is 2. The molecule has 7 nitrogen and oxygen atoms in total. The van der Waals surface area contributed by atoms with Gasteiger partial charge in [-0.3, -0.25) is 4.79 Å². The molecule has 6 rings (SSSR count). The number of nitrogens with one attached hydrogen (secondary N) is 1. The number of rotatable bonds is 8. The van der Waals surface area contributed by atoms with Crippen LogP contribution in [-0.4, -0.2) is 71.6 Å². The molecular weight excluding hydrogens is 444 g/mol. The molecule has 4 aliphatic rings. The fraction of sp³-hybridized carbons (Fsp3) is 0.536. The number of likely N-dealkylation sites (tertiary alicyclic amines) is 1. The first-order valence-electron chi connectivity index (χ1n) is 12.8. The number of phenols is 1. The molecule has 0 radical (unpaired) electrons. The average Bonchev–Trinajstić information content (AvgIpc) is 3.21. The van der Waals surface area contributed by atoms with Gasteiger partial charge in [0.05, 0.1) is 17.6 Å². The quantitative estimate of drug-likeness (QED) is 0.503. The Morgan fingerprint density at radius 3 is 2.86 bits per heavy atom. The Morgan fingerprint density at radius 2 is 2.06 bits per heavy atom. The summed E-state index contributed by atoms with van der Waals surface area (Å²) >= 11 is 0. The van der Waals surface area contributed by atoms with Crippen molar-refractivity contribution in [2.45, 2.75) is 67.7 Å². The average molecular weight is 479 g/mol. The maximum atomic E-state index is 11.4. The molecule has 2 aliphatic heterocycles. The second-order valence-electron chi connectivity index (χ2n) is 10.7. The molecule has 2 fully saturated rings. The predicted molar refractivity (Wildman–Crippen MR) is 131 cm³/mol. The van der Waals surface area contributed by atoms with E-state index in [-0.39, 0.29) is 30.5 Å². The molecule has 1 unspecified atom stereocenters. The highest BCUT2D eigenvalue weighted by atomic mass is 16.5. The summed E-state index contributed by atoms with van der Waals surface area (Å²) in [5, 5.41) is 23.4. The first-order chi connectivity index (χ1) is 17.0. The number of aliphatic carboxylic acids is 1. The molecule has 2 aromatic carbocycles. The summed E-state index contributed by atoms with van der Waals surface area (Å²) in [6.07, 6.45) is 4.95. The first-order valence-corrected chi connectivity index (χ1v) is 12.8. The van der Waals surface area contributed by atoms with Crippen LogP contribution < -0.4 is 10.1 Å². The van der Waals surface area contributed by atoms with Crippen LogP contribution >= 0.6 is 0 Å². The monoisotopic (exact) mass is 478 g/mol. The SMILES string of the molecule is CN1CC[C@]23c4c5ccc(O)c4O[C@H]2[C@@H](NCC(=O)O)CC[C@@]3(OCCCc2ccccc2)C1C5. The van der Waals surface area contributed by atoms with Gasteiger partial charge in [-0.1, -0.05) is 36.4 Å². The van der Waals surface area contributed by atoms with Gasteiger partial charge in [0.2, 0.25) is 0 Å². The second kappa shape index (κ2) is 8.50. The predicted octanol–water partition coefficient (Wildman–Crippen LogP) is 2.88. The summed E-state index contributed by atoms with van der Waals surface area (Å²) in [4.78, 5) is 13.8. The number of carbonyl (C=O) groups is 1. The van der Waals surface area contributed by atoms with Crippen LogP contribution in [-0.2, 0) is 27.8 Å². The van der Waals surface area contributed by atoms with Crippen molar-refractivity contribution in [1.82, 2.24) is 10.2 Å². The van der Waals surface area contributed by atoms with E-state index in [4.69, 9.17) is 9.47 Å². The van der Waals surface area contributed by atoms with Crippen LogP contribution in [0.4, 0.5) is 0 Å². The lowest BCUT2D eigenvalue weighted by Crippen LogP contribution is -2.78. The van der Waals surface area contributed by atoms with E-state index in [1.807, 2.05) is 12.1 Å². The van der Waals surface area contributed by atoms with E-state index >= 15 is 0 Å². The van der Waals surface area contributed by atoms with Crippen LogP contribution in [0.1, 0.15) is 42.4 Å². The second-order valence-corrected chi connectivity index (χ2v) is 10.7. The van der Waals surface area contributed by atoms with Crippen LogP contribution in [0.2, 0.25) is 0 Å². The molecule has 3 N–H and O–H groups in total. The van der Waals surface area contributed by atoms with Crippen LogP contribution in [0.5, 0.6) is 11.5 Å². The number of carboxylic acid groups (broad SMARTS) is 1. The van der Waals surface area contributed by atoms with Crippen molar-refractivity contribution in [2.24, 2.45) is 0 Å². The summed E-state index contributed by atoms with van der Waals surface area (Å²) in [5.74, 6) is -0.128. The zero-order valence-corrected chi connectivity index (χ0v) is 20.2. The summed E-state index contributed by atoms with van der Waals surface area (Å²) in [7, 11) is 2.19. The summed E-state index contributed by atoms with van der Waals surface area (Å²) in [6, 6.07) is 14.4. The van der Waals surface area contributed by atoms with Crippen molar-refractivity contribution in [3.63, 3.8) is 0 Å². The highest BCUT2D eigenvalue weighted by Crippen LogP contribution is 2.66. The van der Waals surface area contributed by atoms with E-state index in [0.29, 0.717) is 12.4 Å². The number of aryl methyl sites for hydroxylation is 1. The fourth-order valence-corrected chi connectivity index (χ4v) is 7.62. The topological polar surface area (TPSA) is 91.3 Å². The number of phenolic OH excluding ortho intramolecular Hbond substituents is 1. The van der Waals surface area contributed by atoms with Gasteiger partial charge < -0.3 is 29.9 Å². The minimum absolute atomic E-state index is 0.107. The van der Waals surface area contributed by atoms with Gasteiger partial charge in [0, 0.05) is 24.3 Å². The highest BCUT2D eigenvalue weighted by Gasteiger charge is 2.73. The fourth-order valence-electron chi connectivity index (χ4n) is 7.62. The van der Waals surface area contributed by atoms with Crippen LogP contribution in [0, 0.1) is 0 Å². The normalized spacial score (nSPS) is 32.7. The summed E-state index contributed by atoms with van der Waals surface area (Å²) < 4.78 is 13.6. The van der Waals surface area contributed by atoms with Crippen molar-refractivity contribution < 1.29 is 24.5 Å². The number of ether oxygens (including phenoxy) is 2. The number of nitrogens with zero attached hydrogens (tertiary/aromatic N) is 1. The van der Waals surface area contributed by atoms with Gasteiger partial charge >= 0.3 is 5.97 Å². The Hall–Kier alpha value is -2.61. The smallest absolute Gasteiger partial charge is 0.317 e. The van der Waals surface area contributed by atoms with E-state index in [1.165, 1.54) is 11.1 Å². The zero-order valence-electron chi connectivity index (χ0n) is 20.2. The molecule has 7 heteroatoms. The lowest BCUT2D eigenvalue weighted by atomic mass is 9.48. The Morgan fingerprint density at radius 1 is 1.23 bits per heavy atom. The van der Waals surface area contributed by atoms with Gasteiger partial charge in [-0.25, -0.2) is 0 Å². The Kier molecular flexibility index (Phi) is 5.55. The first kappa shape index (κ1) is 22.8. The molecule has 2 aliphatic carbocycles. The number of hydrogen-bond donors (Lipinski definition) is 3. The highest BCUT2D eigenvalue weighted by molar-refractivity contribution is 5.69. The van der Waals surface area contributed by atoms with Crippen molar-refractivity contribution in [2.75, 3.05) is 26.7 Å². The van der Waals surface area contributed by atoms with Gasteiger partial charge in [0.15, 0.2) is 11.5 Å². The standard InChI is InChI=1S/C28H34N2O5/c1-30-14-13-27-24-19-9-10-21(31)25(24)35-26(27)20(29-17-23(32)33)11-12-28(27,22(30)16-19)34-15-5-8-18-6-3-2-4-7-18/h2-4,6-7,9-10,20,22,26,29,31H,5,8,11-17H2,1H3,(H,32,33)/t20-,22?,26-,27-,28+/m0/s1. The van der Waals surface area contributed by atoms with E-state index in [0.717, 1.165) is 50.6 Å². The van der Waals surface area contributed by atoms with Crippen LogP contribution in [0.15, 0.2) is 42.5 Å². The van der Waals surface area contributed by atoms with Crippen molar-refractivity contribution >= 4 is 5.97 Å². The molecule has 2 bridgehead atoms. The molecule has 2 heterocycles. The van der Waals surface area contributed by atoms with Gasteiger partial charge in [-0.05, 0) is 69.3 Å². The molecular formula is C28H34N2O5. The number of piperidine rings is 1. The molecule has 1 spiro atoms. The number of aromatic hydroxyl groups is 1. The third-order valence-corrected chi connectivity index (χ3v) is 9.02. The molecule has 5 atom stereocenters. The minimum Gasteiger partial charge on any atom is -0.504 e. The minimum atomic E-state index is -0.875. The van der Waals surface area contributed by atoms with Crippen LogP contribution in [0.25, 0.3) is 0 Å². The zero-order chi connectivity index (χ0) is 24.2. The largest absolute Gasteiger partial charge is 0.504 e. The molecule has 1 saturated carbocycles. The van der Waals surface area contributed by atoms with Gasteiger partial charge in [-0.2, -0.15) is 0 Å². The van der Waals surface area contributed by atoms with Crippen molar-refractivity contribution in [1.29, 1.82) is 0 Å². The maximum Gasteiger partial charge on any atom is 0.317 e. The molecule has 1 saturated heterocycles. The molecule has 2 aromatic rings. The van der Waals surface area contributed by atoms with Gasteiger partial charge in [-0.15, -0.1) is 0 Å². The van der Waals surface area contributed by atoms with Gasteiger partial charge in [0.1, 0.15) is 6.10 Å². The van der Waals surface area contributed by atoms with Crippen molar-refractivity contribution in [3.8, 4) is 11.5 Å². The Balaban J connectivity index is 1.38. The molecule has 0 aromatic heterocycles. The molecule has 0 amide bonds. The third kappa shape index (κ3) is 3.32. The van der Waals surface area contributed by atoms with Crippen LogP contribution in [0.3, 0.4) is 0 Å². The van der Waals surface area contributed by atoms with E-state index in [9.17, 15) is 15.0 Å². The lowest BCUT2D eigenvalue weighted by molar-refractivity contribution is -0.217. The summed E-state index contributed by atoms with van der Waals surface area (Å²) in [5.41, 5.74) is 2.80. The van der Waals surface area contributed by atoms with E-state index in [1.54, 1.807) is 6.07 Å². The third-order valence-electron chi connectivity index (χ3n) is 9.02.